The number of nitrogens with zero attached hydrogens (tertiary/aromatic N) is 1. The number of rotatable bonds is 9. The normalized spacial score (nSPS) is 13.2. The summed E-state index contributed by atoms with van der Waals surface area (Å²) in [5, 5.41) is 23.5. The number of hydrogen-bond acceptors (Lipinski definition) is 5. The molecule has 1 aliphatic rings. The van der Waals surface area contributed by atoms with Crippen molar-refractivity contribution in [1.29, 1.82) is 0 Å². The van der Waals surface area contributed by atoms with Gasteiger partial charge in [0.15, 0.2) is 5.78 Å². The molecule has 3 rings (SSSR count). The minimum Gasteiger partial charge on any atom is -0.388 e. The lowest BCUT2D eigenvalue weighted by molar-refractivity contribution is -0.385. The van der Waals surface area contributed by atoms with Crippen LogP contribution in [0.5, 0.6) is 0 Å². The molecule has 2 aromatic rings. The molecule has 1 aliphatic carbocycles. The Labute approximate surface area is 169 Å². The predicted octanol–water partition coefficient (Wildman–Crippen LogP) is 3.68. The highest BCUT2D eigenvalue weighted by molar-refractivity contribution is 5.94. The first-order valence-corrected chi connectivity index (χ1v) is 9.56. The fraction of sp³-hybridized carbons (Fsp3) is 0.261. The molecule has 0 fully saturated rings. The first kappa shape index (κ1) is 20.6. The zero-order chi connectivity index (χ0) is 20.8. The van der Waals surface area contributed by atoms with E-state index in [1.807, 2.05) is 0 Å². The molecular formula is C23H24N2O4. The van der Waals surface area contributed by atoms with Gasteiger partial charge < -0.3 is 10.4 Å². The van der Waals surface area contributed by atoms with Crippen molar-refractivity contribution in [3.63, 3.8) is 0 Å². The van der Waals surface area contributed by atoms with Crippen LogP contribution in [0.25, 0.3) is 11.6 Å². The average Bonchev–Trinajstić information content (AvgIpc) is 3.04. The molecule has 0 spiro atoms. The second-order valence-electron chi connectivity index (χ2n) is 7.13. The number of nitro groups is 1. The highest BCUT2D eigenvalue weighted by Gasteiger charge is 2.17. The van der Waals surface area contributed by atoms with Crippen molar-refractivity contribution < 1.29 is 14.8 Å². The van der Waals surface area contributed by atoms with Gasteiger partial charge in [0.05, 0.1) is 10.5 Å². The van der Waals surface area contributed by atoms with Gasteiger partial charge in [-0.1, -0.05) is 35.9 Å². The molecule has 0 radical (unpaired) electrons. The summed E-state index contributed by atoms with van der Waals surface area (Å²) in [6, 6.07) is 13.4. The Bertz CT molecular complexity index is 992. The number of aliphatic hydroxyl groups is 1. The van der Waals surface area contributed by atoms with Crippen molar-refractivity contribution in [2.75, 3.05) is 13.2 Å². The Kier molecular flexibility index (Phi) is 6.69. The number of fused-ring (bicyclic) bond motifs is 1. The van der Waals surface area contributed by atoms with E-state index in [1.165, 1.54) is 34.4 Å². The highest BCUT2D eigenvalue weighted by Crippen LogP contribution is 2.34. The summed E-state index contributed by atoms with van der Waals surface area (Å²) in [5.74, 6) is -0.497. The van der Waals surface area contributed by atoms with Crippen LogP contribution in [-0.4, -0.2) is 29.0 Å². The van der Waals surface area contributed by atoms with Crippen molar-refractivity contribution in [2.45, 2.75) is 26.3 Å². The van der Waals surface area contributed by atoms with Gasteiger partial charge in [0.1, 0.15) is 6.61 Å². The van der Waals surface area contributed by atoms with Gasteiger partial charge in [-0.3, -0.25) is 14.9 Å². The molecule has 29 heavy (non-hydrogen) atoms. The van der Waals surface area contributed by atoms with Gasteiger partial charge in [-0.15, -0.1) is 0 Å². The minimum atomic E-state index is -0.618. The third kappa shape index (κ3) is 5.04. The van der Waals surface area contributed by atoms with Crippen LogP contribution in [0.4, 0.5) is 5.69 Å². The lowest BCUT2D eigenvalue weighted by Crippen LogP contribution is -2.15. The summed E-state index contributed by atoms with van der Waals surface area (Å²) in [6.45, 7) is 2.86. The topological polar surface area (TPSA) is 92.5 Å². The van der Waals surface area contributed by atoms with Crippen LogP contribution < -0.4 is 5.32 Å². The molecule has 0 aliphatic heterocycles. The first-order chi connectivity index (χ1) is 14.0. The van der Waals surface area contributed by atoms with E-state index in [0.29, 0.717) is 12.1 Å². The molecule has 0 aromatic heterocycles. The molecular weight excluding hydrogens is 368 g/mol. The monoisotopic (exact) mass is 392 g/mol. The number of hydrogen-bond donors (Lipinski definition) is 2. The fourth-order valence-electron chi connectivity index (χ4n) is 3.62. The van der Waals surface area contributed by atoms with Crippen LogP contribution >= 0.6 is 0 Å². The molecule has 0 atom stereocenters. The number of aliphatic hydroxyl groups excluding tert-OH is 1. The van der Waals surface area contributed by atoms with Gasteiger partial charge in [-0.25, -0.2) is 0 Å². The van der Waals surface area contributed by atoms with Gasteiger partial charge in [-0.05, 0) is 66.8 Å². The number of nitrogens with one attached hydrogen (secondary N) is 1. The van der Waals surface area contributed by atoms with Crippen molar-refractivity contribution in [2.24, 2.45) is 0 Å². The molecule has 150 valence electrons. The second kappa shape index (κ2) is 9.41. The Morgan fingerprint density at radius 2 is 2.07 bits per heavy atom. The Morgan fingerprint density at radius 1 is 1.28 bits per heavy atom. The SMILES string of the molecule is CC1=C(CCNCc2ccc(/C=C/C(=O)CO)c([N+](=O)[O-])c2)c2ccccc2C1. The largest absolute Gasteiger partial charge is 0.388 e. The average molecular weight is 392 g/mol. The van der Waals surface area contributed by atoms with Gasteiger partial charge in [-0.2, -0.15) is 0 Å². The van der Waals surface area contributed by atoms with Gasteiger partial charge in [0.25, 0.3) is 5.69 Å². The van der Waals surface area contributed by atoms with Crippen molar-refractivity contribution in [1.82, 2.24) is 5.32 Å². The quantitative estimate of drug-likeness (QED) is 0.294. The van der Waals surface area contributed by atoms with E-state index >= 15 is 0 Å². The van der Waals surface area contributed by atoms with Crippen LogP contribution in [0.15, 0.2) is 54.1 Å². The minimum absolute atomic E-state index is 0.0606. The van der Waals surface area contributed by atoms with Crippen LogP contribution in [0.2, 0.25) is 0 Å². The molecule has 6 nitrogen and oxygen atoms in total. The number of allylic oxidation sites excluding steroid dienone is 1. The number of nitro benzene ring substituents is 1. The Morgan fingerprint density at radius 3 is 2.83 bits per heavy atom. The molecule has 0 bridgehead atoms. The summed E-state index contributed by atoms with van der Waals surface area (Å²) >= 11 is 0. The zero-order valence-corrected chi connectivity index (χ0v) is 16.4. The smallest absolute Gasteiger partial charge is 0.276 e. The molecule has 6 heteroatoms. The molecule has 2 N–H and O–H groups in total. The lowest BCUT2D eigenvalue weighted by Gasteiger charge is -2.09. The molecule has 0 unspecified atom stereocenters. The molecule has 0 saturated carbocycles. The van der Waals surface area contributed by atoms with Gasteiger partial charge in [0, 0.05) is 12.6 Å². The third-order valence-corrected chi connectivity index (χ3v) is 5.09. The van der Waals surface area contributed by atoms with E-state index in [9.17, 15) is 14.9 Å². The summed E-state index contributed by atoms with van der Waals surface area (Å²) in [7, 11) is 0. The van der Waals surface area contributed by atoms with E-state index < -0.39 is 17.3 Å². The van der Waals surface area contributed by atoms with Gasteiger partial charge in [0.2, 0.25) is 0 Å². The Hall–Kier alpha value is -3.09. The van der Waals surface area contributed by atoms with Crippen molar-refractivity contribution >= 4 is 23.1 Å². The van der Waals surface area contributed by atoms with E-state index in [1.54, 1.807) is 12.1 Å². The maximum Gasteiger partial charge on any atom is 0.276 e. The summed E-state index contributed by atoms with van der Waals surface area (Å²) in [5.41, 5.74) is 6.57. The van der Waals surface area contributed by atoms with Crippen LogP contribution in [-0.2, 0) is 17.8 Å². The maximum atomic E-state index is 11.4. The van der Waals surface area contributed by atoms with Crippen LogP contribution in [0, 0.1) is 10.1 Å². The fourth-order valence-corrected chi connectivity index (χ4v) is 3.62. The highest BCUT2D eigenvalue weighted by atomic mass is 16.6. The van der Waals surface area contributed by atoms with E-state index in [2.05, 4.69) is 36.5 Å². The number of carbonyl (C=O) groups is 1. The molecule has 0 amide bonds. The number of ketones is 1. The third-order valence-electron chi connectivity index (χ3n) is 5.09. The zero-order valence-electron chi connectivity index (χ0n) is 16.4. The summed E-state index contributed by atoms with van der Waals surface area (Å²) in [6.07, 6.45) is 4.43. The Balaban J connectivity index is 1.61. The van der Waals surface area contributed by atoms with E-state index in [0.717, 1.165) is 31.0 Å². The van der Waals surface area contributed by atoms with Crippen LogP contribution in [0.3, 0.4) is 0 Å². The van der Waals surface area contributed by atoms with Crippen molar-refractivity contribution in [3.8, 4) is 0 Å². The molecule has 0 heterocycles. The standard InChI is InChI=1S/C23H24N2O4/c1-16-12-19-4-2-3-5-22(19)21(16)10-11-24-14-17-6-7-18(8-9-20(27)15-26)23(13-17)25(28)29/h2-9,13,24,26H,10-12,14-15H2,1H3/b9-8+. The second-order valence-corrected chi connectivity index (χ2v) is 7.13. The maximum absolute atomic E-state index is 11.4. The van der Waals surface area contributed by atoms with E-state index in [-0.39, 0.29) is 5.69 Å². The van der Waals surface area contributed by atoms with E-state index in [4.69, 9.17) is 5.11 Å². The lowest BCUT2D eigenvalue weighted by atomic mass is 10.0. The summed E-state index contributed by atoms with van der Waals surface area (Å²) in [4.78, 5) is 22.1. The number of carbonyl (C=O) groups excluding carboxylic acids is 1. The number of benzene rings is 2. The predicted molar refractivity (Wildman–Crippen MR) is 113 cm³/mol. The van der Waals surface area contributed by atoms with Crippen molar-refractivity contribution in [3.05, 3.63) is 86.5 Å². The molecule has 2 aromatic carbocycles. The first-order valence-electron chi connectivity index (χ1n) is 9.56. The molecule has 0 saturated heterocycles. The van der Waals surface area contributed by atoms with Gasteiger partial charge >= 0.3 is 0 Å². The summed E-state index contributed by atoms with van der Waals surface area (Å²) < 4.78 is 0. The van der Waals surface area contributed by atoms with Crippen LogP contribution in [0.1, 0.15) is 35.6 Å².